The standard InChI is InChI=1S/C26H32N2O5/c1-5-15-33-22-8-6-7-21(18-22)28-25(29)23(20-11-9-19(2)10-12-20)24(26(28)30)27(13-16-31-3)14-17-32-4/h6-12,18H,5,13-17H2,1-4H3. The van der Waals surface area contributed by atoms with Crippen molar-refractivity contribution in [3.8, 4) is 5.75 Å². The van der Waals surface area contributed by atoms with E-state index in [9.17, 15) is 9.59 Å². The van der Waals surface area contributed by atoms with Gasteiger partial charge in [-0.3, -0.25) is 9.59 Å². The number of anilines is 1. The summed E-state index contributed by atoms with van der Waals surface area (Å²) in [5.41, 5.74) is 3.00. The minimum atomic E-state index is -0.365. The fraction of sp³-hybridized carbons (Fsp3) is 0.385. The van der Waals surface area contributed by atoms with Gasteiger partial charge in [0.15, 0.2) is 0 Å². The smallest absolute Gasteiger partial charge is 0.282 e. The second kappa shape index (κ2) is 11.6. The van der Waals surface area contributed by atoms with Crippen LogP contribution >= 0.6 is 0 Å². The van der Waals surface area contributed by atoms with Crippen molar-refractivity contribution < 1.29 is 23.8 Å². The summed E-state index contributed by atoms with van der Waals surface area (Å²) in [5.74, 6) is -0.0994. The Labute approximate surface area is 195 Å². The summed E-state index contributed by atoms with van der Waals surface area (Å²) in [7, 11) is 3.22. The monoisotopic (exact) mass is 452 g/mol. The van der Waals surface area contributed by atoms with Crippen LogP contribution in [0.2, 0.25) is 0 Å². The van der Waals surface area contributed by atoms with Gasteiger partial charge in [0.25, 0.3) is 11.8 Å². The molecule has 0 N–H and O–H groups in total. The molecule has 7 nitrogen and oxygen atoms in total. The van der Waals surface area contributed by atoms with Crippen molar-refractivity contribution in [2.45, 2.75) is 20.3 Å². The van der Waals surface area contributed by atoms with E-state index in [1.54, 1.807) is 32.4 Å². The Morgan fingerprint density at radius 1 is 0.879 bits per heavy atom. The molecular weight excluding hydrogens is 420 g/mol. The third-order valence-electron chi connectivity index (χ3n) is 5.40. The van der Waals surface area contributed by atoms with Gasteiger partial charge in [0.05, 0.1) is 31.1 Å². The highest BCUT2D eigenvalue weighted by atomic mass is 16.5. The minimum Gasteiger partial charge on any atom is -0.494 e. The molecule has 2 aromatic carbocycles. The molecule has 2 amide bonds. The van der Waals surface area contributed by atoms with E-state index in [1.165, 1.54) is 4.90 Å². The zero-order chi connectivity index (χ0) is 23.8. The van der Waals surface area contributed by atoms with E-state index in [0.717, 1.165) is 12.0 Å². The first-order valence-electron chi connectivity index (χ1n) is 11.2. The largest absolute Gasteiger partial charge is 0.494 e. The van der Waals surface area contributed by atoms with Crippen LogP contribution in [0.4, 0.5) is 5.69 Å². The van der Waals surface area contributed by atoms with E-state index in [0.29, 0.717) is 61.2 Å². The Morgan fingerprint density at radius 3 is 2.15 bits per heavy atom. The van der Waals surface area contributed by atoms with E-state index in [-0.39, 0.29) is 11.8 Å². The molecule has 1 aliphatic heterocycles. The number of ether oxygens (including phenoxy) is 3. The summed E-state index contributed by atoms with van der Waals surface area (Å²) in [5, 5.41) is 0. The number of hydrogen-bond acceptors (Lipinski definition) is 6. The van der Waals surface area contributed by atoms with Crippen LogP contribution in [-0.2, 0) is 19.1 Å². The summed E-state index contributed by atoms with van der Waals surface area (Å²) in [6.07, 6.45) is 0.864. The van der Waals surface area contributed by atoms with Crippen LogP contribution in [-0.4, -0.2) is 63.8 Å². The Kier molecular flexibility index (Phi) is 8.63. The molecule has 0 saturated carbocycles. The molecule has 33 heavy (non-hydrogen) atoms. The zero-order valence-electron chi connectivity index (χ0n) is 19.8. The first-order chi connectivity index (χ1) is 16.0. The summed E-state index contributed by atoms with van der Waals surface area (Å²) >= 11 is 0. The number of benzene rings is 2. The number of methoxy groups -OCH3 is 2. The number of amides is 2. The van der Waals surface area contributed by atoms with Crippen LogP contribution in [0.1, 0.15) is 24.5 Å². The summed E-state index contributed by atoms with van der Waals surface area (Å²) < 4.78 is 16.3. The highest BCUT2D eigenvalue weighted by Gasteiger charge is 2.42. The average Bonchev–Trinajstić information content (AvgIpc) is 3.08. The zero-order valence-corrected chi connectivity index (χ0v) is 19.8. The number of rotatable bonds is 12. The van der Waals surface area contributed by atoms with Crippen molar-refractivity contribution in [2.75, 3.05) is 52.0 Å². The molecule has 0 aliphatic carbocycles. The van der Waals surface area contributed by atoms with E-state index in [2.05, 4.69) is 0 Å². The Hall–Kier alpha value is -3.16. The second-order valence-corrected chi connectivity index (χ2v) is 7.85. The maximum absolute atomic E-state index is 13.7. The predicted octanol–water partition coefficient (Wildman–Crippen LogP) is 3.66. The summed E-state index contributed by atoms with van der Waals surface area (Å²) in [6.45, 7) is 6.31. The molecular formula is C26H32N2O5. The van der Waals surface area contributed by atoms with Crippen molar-refractivity contribution in [1.29, 1.82) is 0 Å². The van der Waals surface area contributed by atoms with Crippen LogP contribution in [0.5, 0.6) is 5.75 Å². The van der Waals surface area contributed by atoms with E-state index >= 15 is 0 Å². The van der Waals surface area contributed by atoms with Gasteiger partial charge in [-0.15, -0.1) is 0 Å². The third-order valence-corrected chi connectivity index (χ3v) is 5.40. The molecule has 7 heteroatoms. The molecule has 0 bridgehead atoms. The van der Waals surface area contributed by atoms with Crippen LogP contribution in [0.3, 0.4) is 0 Å². The van der Waals surface area contributed by atoms with Crippen molar-refractivity contribution in [1.82, 2.24) is 4.90 Å². The lowest BCUT2D eigenvalue weighted by Gasteiger charge is -2.25. The molecule has 2 aromatic rings. The van der Waals surface area contributed by atoms with Crippen molar-refractivity contribution in [3.63, 3.8) is 0 Å². The van der Waals surface area contributed by atoms with Crippen LogP contribution < -0.4 is 9.64 Å². The van der Waals surface area contributed by atoms with Gasteiger partial charge in [0.2, 0.25) is 0 Å². The molecule has 0 radical (unpaired) electrons. The highest BCUT2D eigenvalue weighted by molar-refractivity contribution is 6.45. The Morgan fingerprint density at radius 2 is 1.55 bits per heavy atom. The Bertz CT molecular complexity index is 992. The van der Waals surface area contributed by atoms with Gasteiger partial charge in [-0.1, -0.05) is 42.8 Å². The summed E-state index contributed by atoms with van der Waals surface area (Å²) in [4.78, 5) is 30.6. The van der Waals surface area contributed by atoms with E-state index < -0.39 is 0 Å². The average molecular weight is 453 g/mol. The molecule has 1 heterocycles. The van der Waals surface area contributed by atoms with Gasteiger partial charge in [0, 0.05) is 33.4 Å². The molecule has 0 saturated heterocycles. The number of hydrogen-bond donors (Lipinski definition) is 0. The van der Waals surface area contributed by atoms with Crippen molar-refractivity contribution in [3.05, 3.63) is 65.4 Å². The lowest BCUT2D eigenvalue weighted by molar-refractivity contribution is -0.120. The molecule has 0 aromatic heterocycles. The number of nitrogens with zero attached hydrogens (tertiary/aromatic N) is 2. The fourth-order valence-electron chi connectivity index (χ4n) is 3.70. The number of carbonyl (C=O) groups is 2. The fourth-order valence-corrected chi connectivity index (χ4v) is 3.70. The van der Waals surface area contributed by atoms with Gasteiger partial charge in [0.1, 0.15) is 11.4 Å². The van der Waals surface area contributed by atoms with Crippen molar-refractivity contribution in [2.24, 2.45) is 0 Å². The van der Waals surface area contributed by atoms with Crippen LogP contribution in [0, 0.1) is 6.92 Å². The summed E-state index contributed by atoms with van der Waals surface area (Å²) in [6, 6.07) is 14.7. The normalized spacial score (nSPS) is 13.8. The minimum absolute atomic E-state index is 0.355. The van der Waals surface area contributed by atoms with Crippen LogP contribution in [0.25, 0.3) is 5.57 Å². The SMILES string of the molecule is CCCOc1cccc(N2C(=O)C(c3ccc(C)cc3)=C(N(CCOC)CCOC)C2=O)c1. The lowest BCUT2D eigenvalue weighted by Crippen LogP contribution is -2.37. The highest BCUT2D eigenvalue weighted by Crippen LogP contribution is 2.36. The first kappa shape index (κ1) is 24.5. The topological polar surface area (TPSA) is 68.3 Å². The molecule has 3 rings (SSSR count). The third kappa shape index (κ3) is 5.61. The molecule has 0 atom stereocenters. The molecule has 1 aliphatic rings. The quantitative estimate of drug-likeness (QED) is 0.458. The van der Waals surface area contributed by atoms with Gasteiger partial charge < -0.3 is 19.1 Å². The Balaban J connectivity index is 2.07. The molecule has 176 valence electrons. The van der Waals surface area contributed by atoms with E-state index in [1.807, 2.05) is 49.1 Å². The molecule has 0 unspecified atom stereocenters. The predicted molar refractivity (Wildman–Crippen MR) is 128 cm³/mol. The van der Waals surface area contributed by atoms with Gasteiger partial charge in [-0.05, 0) is 31.0 Å². The maximum atomic E-state index is 13.7. The number of imide groups is 1. The van der Waals surface area contributed by atoms with Crippen molar-refractivity contribution >= 4 is 23.1 Å². The van der Waals surface area contributed by atoms with Crippen LogP contribution in [0.15, 0.2) is 54.2 Å². The first-order valence-corrected chi connectivity index (χ1v) is 11.2. The molecule has 0 spiro atoms. The van der Waals surface area contributed by atoms with E-state index in [4.69, 9.17) is 14.2 Å². The molecule has 0 fully saturated rings. The number of aryl methyl sites for hydroxylation is 1. The number of carbonyl (C=O) groups excluding carboxylic acids is 2. The van der Waals surface area contributed by atoms with Gasteiger partial charge in [-0.25, -0.2) is 4.90 Å². The second-order valence-electron chi connectivity index (χ2n) is 7.85. The lowest BCUT2D eigenvalue weighted by atomic mass is 10.0. The van der Waals surface area contributed by atoms with Gasteiger partial charge in [-0.2, -0.15) is 0 Å². The maximum Gasteiger partial charge on any atom is 0.282 e. The van der Waals surface area contributed by atoms with Gasteiger partial charge >= 0.3 is 0 Å².